The fourth-order valence-electron chi connectivity index (χ4n) is 1.48. The lowest BCUT2D eigenvalue weighted by Crippen LogP contribution is -2.18. The molecule has 2 rings (SSSR count). The minimum Gasteiger partial charge on any atom is -0.280 e. The third-order valence-electron chi connectivity index (χ3n) is 2.63. The number of aromatic nitrogens is 2. The predicted octanol–water partition coefficient (Wildman–Crippen LogP) is 1.68. The van der Waals surface area contributed by atoms with Crippen molar-refractivity contribution in [2.45, 2.75) is 32.6 Å². The van der Waals surface area contributed by atoms with Crippen molar-refractivity contribution in [3.05, 3.63) is 11.8 Å². The number of hydrogen-bond donors (Lipinski definition) is 2. The van der Waals surface area contributed by atoms with Crippen molar-refractivity contribution >= 4 is 15.8 Å². The first-order chi connectivity index (χ1) is 7.46. The zero-order valence-electron chi connectivity index (χ0n) is 9.53. The summed E-state index contributed by atoms with van der Waals surface area (Å²) < 4.78 is 25.8. The molecule has 0 aliphatic heterocycles. The maximum absolute atomic E-state index is 11.7. The van der Waals surface area contributed by atoms with Crippen LogP contribution in [0.2, 0.25) is 0 Å². The monoisotopic (exact) mass is 243 g/mol. The number of nitrogens with zero attached hydrogens (tertiary/aromatic N) is 1. The predicted molar refractivity (Wildman–Crippen MR) is 62.8 cm³/mol. The summed E-state index contributed by atoms with van der Waals surface area (Å²) in [5, 5.41) is 6.75. The zero-order chi connectivity index (χ0) is 11.8. The maximum Gasteiger partial charge on any atom is 0.234 e. The van der Waals surface area contributed by atoms with Crippen LogP contribution in [0.1, 0.15) is 38.3 Å². The summed E-state index contributed by atoms with van der Waals surface area (Å²) in [5.74, 6) is 1.27. The fourth-order valence-corrected chi connectivity index (χ4v) is 2.94. The highest BCUT2D eigenvalue weighted by molar-refractivity contribution is 7.92. The molecule has 1 aromatic heterocycles. The van der Waals surface area contributed by atoms with Gasteiger partial charge in [-0.05, 0) is 24.7 Å². The van der Waals surface area contributed by atoms with Gasteiger partial charge in [0.05, 0.1) is 5.75 Å². The van der Waals surface area contributed by atoms with Gasteiger partial charge in [0, 0.05) is 11.8 Å². The number of sulfonamides is 1. The molecule has 0 radical (unpaired) electrons. The molecule has 1 aliphatic rings. The van der Waals surface area contributed by atoms with Crippen molar-refractivity contribution in [2.24, 2.45) is 5.92 Å². The van der Waals surface area contributed by atoms with Gasteiger partial charge in [-0.15, -0.1) is 0 Å². The molecular weight excluding hydrogens is 226 g/mol. The van der Waals surface area contributed by atoms with Gasteiger partial charge in [-0.1, -0.05) is 13.8 Å². The zero-order valence-corrected chi connectivity index (χ0v) is 10.3. The van der Waals surface area contributed by atoms with Gasteiger partial charge in [0.15, 0.2) is 5.82 Å². The molecule has 1 heterocycles. The van der Waals surface area contributed by atoms with Crippen LogP contribution >= 0.6 is 0 Å². The number of rotatable bonds is 5. The molecule has 0 amide bonds. The van der Waals surface area contributed by atoms with E-state index in [1.165, 1.54) is 0 Å². The van der Waals surface area contributed by atoms with E-state index in [2.05, 4.69) is 14.9 Å². The number of hydrogen-bond acceptors (Lipinski definition) is 3. The standard InChI is InChI=1S/C10H17N3O2S/c1-7(2)9-5-10(12-11-9)13-16(14,15)6-8-3-4-8/h5,7-8H,3-4,6H2,1-2H3,(H2,11,12,13). The Bertz CT molecular complexity index is 460. The Morgan fingerprint density at radius 2 is 2.25 bits per heavy atom. The van der Waals surface area contributed by atoms with E-state index in [4.69, 9.17) is 0 Å². The fraction of sp³-hybridized carbons (Fsp3) is 0.700. The first-order valence-electron chi connectivity index (χ1n) is 5.52. The number of nitrogens with one attached hydrogen (secondary N) is 2. The van der Waals surface area contributed by atoms with Crippen molar-refractivity contribution in [3.63, 3.8) is 0 Å². The summed E-state index contributed by atoms with van der Waals surface area (Å²) in [6, 6.07) is 1.75. The van der Waals surface area contributed by atoms with E-state index in [0.29, 0.717) is 17.7 Å². The molecular formula is C10H17N3O2S. The Kier molecular flexibility index (Phi) is 2.92. The molecule has 6 heteroatoms. The van der Waals surface area contributed by atoms with Crippen molar-refractivity contribution in [3.8, 4) is 0 Å². The van der Waals surface area contributed by atoms with Crippen LogP contribution in [0.5, 0.6) is 0 Å². The Morgan fingerprint density at radius 1 is 1.56 bits per heavy atom. The molecule has 90 valence electrons. The third-order valence-corrected chi connectivity index (χ3v) is 4.06. The van der Waals surface area contributed by atoms with Crippen LogP contribution in [0.25, 0.3) is 0 Å². The largest absolute Gasteiger partial charge is 0.280 e. The highest BCUT2D eigenvalue weighted by atomic mass is 32.2. The van der Waals surface area contributed by atoms with Crippen LogP contribution in [0.4, 0.5) is 5.82 Å². The molecule has 0 bridgehead atoms. The van der Waals surface area contributed by atoms with Crippen molar-refractivity contribution in [1.82, 2.24) is 10.2 Å². The molecule has 0 atom stereocenters. The summed E-state index contributed by atoms with van der Waals surface area (Å²) in [6.07, 6.45) is 2.05. The van der Waals surface area contributed by atoms with Gasteiger partial charge in [-0.2, -0.15) is 5.10 Å². The second kappa shape index (κ2) is 4.08. The molecule has 0 unspecified atom stereocenters. The van der Waals surface area contributed by atoms with E-state index < -0.39 is 10.0 Å². The van der Waals surface area contributed by atoms with Crippen molar-refractivity contribution < 1.29 is 8.42 Å². The van der Waals surface area contributed by atoms with Crippen LogP contribution < -0.4 is 4.72 Å². The Morgan fingerprint density at radius 3 is 2.75 bits per heavy atom. The van der Waals surface area contributed by atoms with E-state index >= 15 is 0 Å². The van der Waals surface area contributed by atoms with Crippen LogP contribution in [0.3, 0.4) is 0 Å². The summed E-state index contributed by atoms with van der Waals surface area (Å²) in [4.78, 5) is 0. The molecule has 5 nitrogen and oxygen atoms in total. The van der Waals surface area contributed by atoms with Gasteiger partial charge >= 0.3 is 0 Å². The maximum atomic E-state index is 11.7. The van der Waals surface area contributed by atoms with Crippen LogP contribution in [0.15, 0.2) is 6.07 Å². The Labute approximate surface area is 95.7 Å². The Balaban J connectivity index is 2.01. The molecule has 1 aliphatic carbocycles. The van der Waals surface area contributed by atoms with Gasteiger partial charge in [-0.3, -0.25) is 9.82 Å². The minimum absolute atomic E-state index is 0.219. The van der Waals surface area contributed by atoms with Gasteiger partial charge in [0.2, 0.25) is 10.0 Å². The SMILES string of the molecule is CC(C)c1cc(NS(=O)(=O)CC2CC2)n[nH]1. The molecule has 1 saturated carbocycles. The van der Waals surface area contributed by atoms with E-state index in [9.17, 15) is 8.42 Å². The number of H-pyrrole nitrogens is 1. The average molecular weight is 243 g/mol. The normalized spacial score (nSPS) is 16.7. The highest BCUT2D eigenvalue weighted by Crippen LogP contribution is 2.30. The minimum atomic E-state index is -3.22. The second-order valence-electron chi connectivity index (χ2n) is 4.69. The van der Waals surface area contributed by atoms with Crippen LogP contribution in [0, 0.1) is 5.92 Å². The van der Waals surface area contributed by atoms with Crippen molar-refractivity contribution in [2.75, 3.05) is 10.5 Å². The summed E-state index contributed by atoms with van der Waals surface area (Å²) in [5.41, 5.74) is 0.934. The third kappa shape index (κ3) is 2.98. The van der Waals surface area contributed by atoms with Gasteiger partial charge < -0.3 is 0 Å². The molecule has 1 aromatic rings. The topological polar surface area (TPSA) is 74.8 Å². The highest BCUT2D eigenvalue weighted by Gasteiger charge is 2.28. The molecule has 16 heavy (non-hydrogen) atoms. The van der Waals surface area contributed by atoms with Gasteiger partial charge in [0.25, 0.3) is 0 Å². The Hall–Kier alpha value is -1.04. The van der Waals surface area contributed by atoms with E-state index in [1.54, 1.807) is 6.07 Å². The lowest BCUT2D eigenvalue weighted by atomic mass is 10.1. The first kappa shape index (κ1) is 11.4. The summed E-state index contributed by atoms with van der Waals surface area (Å²) in [6.45, 7) is 4.05. The summed E-state index contributed by atoms with van der Waals surface area (Å²) >= 11 is 0. The molecule has 1 fully saturated rings. The van der Waals surface area contributed by atoms with Crippen molar-refractivity contribution in [1.29, 1.82) is 0 Å². The van der Waals surface area contributed by atoms with Gasteiger partial charge in [0.1, 0.15) is 0 Å². The van der Waals surface area contributed by atoms with Crippen LogP contribution in [-0.4, -0.2) is 24.4 Å². The lowest BCUT2D eigenvalue weighted by Gasteiger charge is -2.03. The molecule has 0 saturated heterocycles. The lowest BCUT2D eigenvalue weighted by molar-refractivity contribution is 0.597. The number of anilines is 1. The quantitative estimate of drug-likeness (QED) is 0.826. The van der Waals surface area contributed by atoms with Gasteiger partial charge in [-0.25, -0.2) is 8.42 Å². The second-order valence-corrected chi connectivity index (χ2v) is 6.46. The smallest absolute Gasteiger partial charge is 0.234 e. The molecule has 2 N–H and O–H groups in total. The summed E-state index contributed by atoms with van der Waals surface area (Å²) in [7, 11) is -3.22. The molecule has 0 spiro atoms. The average Bonchev–Trinajstić information content (AvgIpc) is 2.80. The molecule has 0 aromatic carbocycles. The number of aromatic amines is 1. The van der Waals surface area contributed by atoms with E-state index in [1.807, 2.05) is 13.8 Å². The van der Waals surface area contributed by atoms with E-state index in [0.717, 1.165) is 18.5 Å². The first-order valence-corrected chi connectivity index (χ1v) is 7.17. The van der Waals surface area contributed by atoms with E-state index in [-0.39, 0.29) is 5.75 Å². The van der Waals surface area contributed by atoms with Crippen LogP contribution in [-0.2, 0) is 10.0 Å².